The van der Waals surface area contributed by atoms with Crippen LogP contribution in [0.4, 0.5) is 0 Å². The van der Waals surface area contributed by atoms with Crippen LogP contribution in [0.15, 0.2) is 24.5 Å². The van der Waals surface area contributed by atoms with Gasteiger partial charge in [-0.3, -0.25) is 9.78 Å². The number of carbonyl (C=O) groups excluding carboxylic acids is 1. The Morgan fingerprint density at radius 1 is 1.54 bits per heavy atom. The smallest absolute Gasteiger partial charge is 0.293 e. The third-order valence-electron chi connectivity index (χ3n) is 0.874. The number of carbonyl (C=O) groups is 1. The van der Waals surface area contributed by atoms with E-state index in [-0.39, 0.29) is 12.4 Å². The fourth-order valence-electron chi connectivity index (χ4n) is 0.402. The molecule has 0 aliphatic carbocycles. The van der Waals surface area contributed by atoms with Gasteiger partial charge >= 0.3 is 0 Å². The Labute approximate surface area is 88.5 Å². The predicted octanol–water partition coefficient (Wildman–Crippen LogP) is 2.34. The van der Waals surface area contributed by atoms with Crippen molar-refractivity contribution < 1.29 is 9.53 Å². The monoisotopic (exact) mass is 223 g/mol. The summed E-state index contributed by atoms with van der Waals surface area (Å²) >= 11 is 5.50. The summed E-state index contributed by atoms with van der Waals surface area (Å²) in [6.07, 6.45) is 3.31. The molecule has 1 aromatic rings. The first-order chi connectivity index (χ1) is 5.81. The number of ether oxygens (including phenoxy) is 1. The van der Waals surface area contributed by atoms with Crippen LogP contribution in [0.3, 0.4) is 0 Å². The van der Waals surface area contributed by atoms with Crippen molar-refractivity contribution in [3.8, 4) is 0 Å². The Bertz CT molecular complexity index is 207. The molecule has 0 unspecified atom stereocenters. The Morgan fingerprint density at radius 2 is 2.08 bits per heavy atom. The van der Waals surface area contributed by atoms with Gasteiger partial charge in [0.05, 0.1) is 6.61 Å². The summed E-state index contributed by atoms with van der Waals surface area (Å²) in [6.45, 7) is 2.66. The summed E-state index contributed by atoms with van der Waals surface area (Å²) in [5, 5.41) is 0.731. The lowest BCUT2D eigenvalue weighted by Gasteiger charge is -1.79. The Hall–Kier alpha value is -0.800. The van der Waals surface area contributed by atoms with E-state index in [1.807, 2.05) is 0 Å². The number of rotatable bonds is 2. The lowest BCUT2D eigenvalue weighted by Crippen LogP contribution is -1.80. The van der Waals surface area contributed by atoms with E-state index in [9.17, 15) is 4.79 Å². The molecule has 0 saturated heterocycles. The molecule has 0 aromatic carbocycles. The molecule has 1 heterocycles. The van der Waals surface area contributed by atoms with Gasteiger partial charge in [-0.1, -0.05) is 11.6 Å². The maximum Gasteiger partial charge on any atom is 0.293 e. The molecule has 0 atom stereocenters. The number of pyridine rings is 1. The average Bonchev–Trinajstić information content (AvgIpc) is 2.08. The van der Waals surface area contributed by atoms with Gasteiger partial charge in [-0.25, -0.2) is 0 Å². The molecule has 13 heavy (non-hydrogen) atoms. The maximum absolute atomic E-state index is 9.18. The lowest BCUT2D eigenvalue weighted by atomic mass is 10.5. The molecule has 0 N–H and O–H groups in total. The standard InChI is InChI=1S/C5H4ClN.C3H6O2.ClH/c6-5-1-3-7-4-2-5;1-2-5-3-4;/h1-4H;3H,2H2,1H3;1H. The van der Waals surface area contributed by atoms with Gasteiger partial charge in [-0.15, -0.1) is 12.4 Å². The van der Waals surface area contributed by atoms with Gasteiger partial charge < -0.3 is 4.74 Å². The van der Waals surface area contributed by atoms with Gasteiger partial charge in [0.1, 0.15) is 0 Å². The van der Waals surface area contributed by atoms with Crippen LogP contribution in [0.25, 0.3) is 0 Å². The van der Waals surface area contributed by atoms with Crippen LogP contribution >= 0.6 is 24.0 Å². The average molecular weight is 224 g/mol. The van der Waals surface area contributed by atoms with Crippen LogP contribution in [0, 0.1) is 0 Å². The maximum atomic E-state index is 9.18. The predicted molar refractivity (Wildman–Crippen MR) is 54.2 cm³/mol. The van der Waals surface area contributed by atoms with Crippen molar-refractivity contribution >= 4 is 30.5 Å². The first-order valence-corrected chi connectivity index (χ1v) is 3.79. The molecule has 3 nitrogen and oxygen atoms in total. The Balaban J connectivity index is 0. The minimum Gasteiger partial charge on any atom is -0.468 e. The van der Waals surface area contributed by atoms with E-state index < -0.39 is 0 Å². The molecular formula is C8H11Cl2NO2. The van der Waals surface area contributed by atoms with Crippen LogP contribution < -0.4 is 0 Å². The first-order valence-electron chi connectivity index (χ1n) is 3.42. The van der Waals surface area contributed by atoms with Crippen molar-refractivity contribution in [3.63, 3.8) is 0 Å². The summed E-state index contributed by atoms with van der Waals surface area (Å²) in [7, 11) is 0. The molecule has 0 aliphatic rings. The van der Waals surface area contributed by atoms with E-state index in [1.165, 1.54) is 0 Å². The largest absolute Gasteiger partial charge is 0.468 e. The molecule has 0 aliphatic heterocycles. The SMILES string of the molecule is CCOC=O.Cl.Clc1ccncc1. The molecule has 0 spiro atoms. The van der Waals surface area contributed by atoms with Crippen LogP contribution in [0.2, 0.25) is 5.02 Å². The molecule has 0 radical (unpaired) electrons. The van der Waals surface area contributed by atoms with E-state index in [2.05, 4.69) is 9.72 Å². The van der Waals surface area contributed by atoms with Gasteiger partial charge in [-0.2, -0.15) is 0 Å². The molecule has 0 fully saturated rings. The van der Waals surface area contributed by atoms with Crippen LogP contribution in [-0.4, -0.2) is 18.1 Å². The second kappa shape index (κ2) is 11.2. The van der Waals surface area contributed by atoms with Crippen molar-refractivity contribution in [2.45, 2.75) is 6.92 Å². The van der Waals surface area contributed by atoms with E-state index in [0.29, 0.717) is 13.1 Å². The number of hydrogen-bond donors (Lipinski definition) is 0. The van der Waals surface area contributed by atoms with Crippen LogP contribution in [-0.2, 0) is 9.53 Å². The molecule has 5 heteroatoms. The molecule has 0 bridgehead atoms. The van der Waals surface area contributed by atoms with Gasteiger partial charge in [0.2, 0.25) is 0 Å². The number of halogens is 2. The zero-order chi connectivity index (χ0) is 9.23. The summed E-state index contributed by atoms with van der Waals surface area (Å²) < 4.78 is 4.15. The number of nitrogens with zero attached hydrogens (tertiary/aromatic N) is 1. The Kier molecular flexibility index (Phi) is 12.7. The van der Waals surface area contributed by atoms with Gasteiger partial charge in [0.15, 0.2) is 0 Å². The fourth-order valence-corrected chi connectivity index (χ4v) is 0.514. The number of hydrogen-bond acceptors (Lipinski definition) is 3. The first kappa shape index (κ1) is 14.7. The van der Waals surface area contributed by atoms with Crippen molar-refractivity contribution in [2.75, 3.05) is 6.61 Å². The number of aromatic nitrogens is 1. The molecule has 1 rings (SSSR count). The summed E-state index contributed by atoms with van der Waals surface area (Å²) in [6, 6.07) is 3.48. The van der Waals surface area contributed by atoms with Crippen LogP contribution in [0.1, 0.15) is 6.92 Å². The summed E-state index contributed by atoms with van der Waals surface area (Å²) in [5.74, 6) is 0. The van der Waals surface area contributed by atoms with E-state index in [1.54, 1.807) is 31.5 Å². The van der Waals surface area contributed by atoms with Crippen LogP contribution in [0.5, 0.6) is 0 Å². The zero-order valence-corrected chi connectivity index (χ0v) is 8.72. The highest BCUT2D eigenvalue weighted by Crippen LogP contribution is 2.01. The van der Waals surface area contributed by atoms with Gasteiger partial charge in [-0.05, 0) is 19.1 Å². The highest BCUT2D eigenvalue weighted by molar-refractivity contribution is 6.30. The highest BCUT2D eigenvalue weighted by atomic mass is 35.5. The van der Waals surface area contributed by atoms with Gasteiger partial charge in [0, 0.05) is 17.4 Å². The van der Waals surface area contributed by atoms with E-state index >= 15 is 0 Å². The minimum absolute atomic E-state index is 0. The molecule has 74 valence electrons. The quantitative estimate of drug-likeness (QED) is 0.723. The van der Waals surface area contributed by atoms with Gasteiger partial charge in [0.25, 0.3) is 6.47 Å². The molecule has 1 aromatic heterocycles. The second-order valence-corrected chi connectivity index (χ2v) is 2.15. The lowest BCUT2D eigenvalue weighted by molar-refractivity contribution is -0.128. The minimum atomic E-state index is 0. The third kappa shape index (κ3) is 11.2. The highest BCUT2D eigenvalue weighted by Gasteiger charge is 1.75. The molecule has 0 saturated carbocycles. The third-order valence-corrected chi connectivity index (χ3v) is 1.13. The molecule has 0 amide bonds. The topological polar surface area (TPSA) is 39.2 Å². The summed E-state index contributed by atoms with van der Waals surface area (Å²) in [4.78, 5) is 12.9. The van der Waals surface area contributed by atoms with Crippen molar-refractivity contribution in [2.24, 2.45) is 0 Å². The van der Waals surface area contributed by atoms with Crippen molar-refractivity contribution in [1.29, 1.82) is 0 Å². The van der Waals surface area contributed by atoms with E-state index in [0.717, 1.165) is 5.02 Å². The summed E-state index contributed by atoms with van der Waals surface area (Å²) in [5.41, 5.74) is 0. The normalized spacial score (nSPS) is 7.23. The van der Waals surface area contributed by atoms with Crippen molar-refractivity contribution in [3.05, 3.63) is 29.5 Å². The molecular weight excluding hydrogens is 213 g/mol. The zero-order valence-electron chi connectivity index (χ0n) is 7.14. The fraction of sp³-hybridized carbons (Fsp3) is 0.250. The van der Waals surface area contributed by atoms with E-state index in [4.69, 9.17) is 11.6 Å². The second-order valence-electron chi connectivity index (χ2n) is 1.72. The Morgan fingerprint density at radius 3 is 2.23 bits per heavy atom. The van der Waals surface area contributed by atoms with Crippen molar-refractivity contribution in [1.82, 2.24) is 4.98 Å².